The van der Waals surface area contributed by atoms with Gasteiger partial charge in [-0.05, 0) is 55.0 Å². The van der Waals surface area contributed by atoms with Crippen molar-refractivity contribution in [1.29, 1.82) is 0 Å². The van der Waals surface area contributed by atoms with E-state index in [-0.39, 0.29) is 0 Å². The molecule has 0 aliphatic rings. The van der Waals surface area contributed by atoms with Crippen LogP contribution < -0.4 is 4.74 Å². The number of methoxy groups -OCH3 is 1. The third-order valence-electron chi connectivity index (χ3n) is 5.76. The van der Waals surface area contributed by atoms with E-state index < -0.39 is 0 Å². The molecule has 6 heteroatoms. The molecule has 6 rings (SSSR count). The maximum Gasteiger partial charge on any atom is 0.157 e. The number of aryl methyl sites for hydroxylation is 1. The van der Waals surface area contributed by atoms with Crippen LogP contribution in [0.25, 0.3) is 50.7 Å². The van der Waals surface area contributed by atoms with E-state index in [9.17, 15) is 0 Å². The molecule has 0 aliphatic carbocycles. The Morgan fingerprint density at radius 3 is 2.39 bits per heavy atom. The maximum atomic E-state index is 5.34. The Labute approximate surface area is 190 Å². The fourth-order valence-electron chi connectivity index (χ4n) is 4.06. The highest BCUT2D eigenvalue weighted by Gasteiger charge is 2.15. The van der Waals surface area contributed by atoms with Crippen molar-refractivity contribution >= 4 is 16.7 Å². The van der Waals surface area contributed by atoms with Gasteiger partial charge in [-0.25, -0.2) is 14.5 Å². The summed E-state index contributed by atoms with van der Waals surface area (Å²) in [6, 6.07) is 28.3. The van der Waals surface area contributed by atoms with Crippen molar-refractivity contribution in [2.45, 2.75) is 6.92 Å². The summed E-state index contributed by atoms with van der Waals surface area (Å²) < 4.78 is 7.23. The average Bonchev–Trinajstić information content (AvgIpc) is 3.48. The molecule has 0 saturated carbocycles. The van der Waals surface area contributed by atoms with Crippen LogP contribution in [0.2, 0.25) is 0 Å². The molecule has 3 aromatic heterocycles. The van der Waals surface area contributed by atoms with Gasteiger partial charge < -0.3 is 9.72 Å². The van der Waals surface area contributed by atoms with Crippen LogP contribution in [-0.4, -0.2) is 31.7 Å². The van der Waals surface area contributed by atoms with Crippen LogP contribution in [0.15, 0.2) is 84.9 Å². The van der Waals surface area contributed by atoms with Gasteiger partial charge in [0.15, 0.2) is 11.5 Å². The van der Waals surface area contributed by atoms with Gasteiger partial charge in [0.05, 0.1) is 29.5 Å². The second-order valence-electron chi connectivity index (χ2n) is 8.03. The van der Waals surface area contributed by atoms with E-state index in [2.05, 4.69) is 36.2 Å². The summed E-state index contributed by atoms with van der Waals surface area (Å²) in [4.78, 5) is 13.1. The van der Waals surface area contributed by atoms with E-state index >= 15 is 0 Å². The number of hydrogen-bond acceptors (Lipinski definition) is 4. The van der Waals surface area contributed by atoms with Gasteiger partial charge in [-0.15, -0.1) is 0 Å². The van der Waals surface area contributed by atoms with Crippen LogP contribution in [0.3, 0.4) is 0 Å². The normalized spacial score (nSPS) is 11.3. The molecule has 0 radical (unpaired) electrons. The number of hydrogen-bond donors (Lipinski definition) is 1. The number of nitrogens with one attached hydrogen (secondary N) is 1. The topological polar surface area (TPSA) is 68.1 Å². The van der Waals surface area contributed by atoms with Crippen molar-refractivity contribution < 1.29 is 4.74 Å². The van der Waals surface area contributed by atoms with Crippen molar-refractivity contribution in [2.75, 3.05) is 7.11 Å². The minimum atomic E-state index is 0.732. The lowest BCUT2D eigenvalue weighted by molar-refractivity contribution is 0.415. The van der Waals surface area contributed by atoms with Crippen molar-refractivity contribution in [3.8, 4) is 39.8 Å². The first kappa shape index (κ1) is 19.3. The SMILES string of the molecule is COc1ccc(-c2cc(-c3nc4ccc(C)cc4[nH]3)nc3cc(-c4ccccc4)nn23)cc1. The summed E-state index contributed by atoms with van der Waals surface area (Å²) in [5.41, 5.74) is 8.48. The zero-order chi connectivity index (χ0) is 22.4. The van der Waals surface area contributed by atoms with E-state index in [1.807, 2.05) is 65.2 Å². The first-order valence-corrected chi connectivity index (χ1v) is 10.8. The van der Waals surface area contributed by atoms with Gasteiger partial charge in [-0.1, -0.05) is 36.4 Å². The van der Waals surface area contributed by atoms with E-state index in [1.54, 1.807) is 7.11 Å². The van der Waals surface area contributed by atoms with Crippen LogP contribution >= 0.6 is 0 Å². The van der Waals surface area contributed by atoms with Crippen molar-refractivity contribution in [3.05, 3.63) is 90.5 Å². The molecule has 3 aromatic carbocycles. The van der Waals surface area contributed by atoms with Gasteiger partial charge >= 0.3 is 0 Å². The third kappa shape index (κ3) is 3.42. The van der Waals surface area contributed by atoms with E-state index in [1.165, 1.54) is 5.56 Å². The van der Waals surface area contributed by atoms with Gasteiger partial charge in [0, 0.05) is 17.2 Å². The fraction of sp³-hybridized carbons (Fsp3) is 0.0741. The Kier molecular flexibility index (Phi) is 4.43. The number of imidazole rings is 1. The lowest BCUT2D eigenvalue weighted by Gasteiger charge is -2.08. The molecule has 0 amide bonds. The molecule has 3 heterocycles. The lowest BCUT2D eigenvalue weighted by atomic mass is 10.1. The quantitative estimate of drug-likeness (QED) is 0.376. The number of rotatable bonds is 4. The standard InChI is InChI=1S/C27H21N5O/c1-17-8-13-21-23(14-17)30-27(29-21)24-15-25(19-9-11-20(33-2)12-10-19)32-26(28-24)16-22(31-32)18-6-4-3-5-7-18/h3-16H,1-2H3,(H,29,30). The average molecular weight is 431 g/mol. The van der Waals surface area contributed by atoms with E-state index in [0.29, 0.717) is 0 Å². The molecule has 33 heavy (non-hydrogen) atoms. The summed E-state index contributed by atoms with van der Waals surface area (Å²) >= 11 is 0. The fourth-order valence-corrected chi connectivity index (χ4v) is 4.06. The number of nitrogens with zero attached hydrogens (tertiary/aromatic N) is 4. The van der Waals surface area contributed by atoms with Crippen molar-refractivity contribution in [1.82, 2.24) is 24.6 Å². The summed E-state index contributed by atoms with van der Waals surface area (Å²) in [6.45, 7) is 2.07. The van der Waals surface area contributed by atoms with Crippen molar-refractivity contribution in [3.63, 3.8) is 0 Å². The third-order valence-corrected chi connectivity index (χ3v) is 5.76. The Balaban J connectivity index is 1.58. The number of fused-ring (bicyclic) bond motifs is 2. The maximum absolute atomic E-state index is 5.34. The molecule has 0 bridgehead atoms. The molecule has 6 nitrogen and oxygen atoms in total. The van der Waals surface area contributed by atoms with Crippen molar-refractivity contribution in [2.24, 2.45) is 0 Å². The smallest absolute Gasteiger partial charge is 0.157 e. The van der Waals surface area contributed by atoms with Gasteiger partial charge in [-0.2, -0.15) is 5.10 Å². The first-order chi connectivity index (χ1) is 16.2. The van der Waals surface area contributed by atoms with Crippen LogP contribution in [0.1, 0.15) is 5.56 Å². The number of aromatic amines is 1. The Bertz CT molecular complexity index is 1600. The van der Waals surface area contributed by atoms with Crippen LogP contribution in [0.5, 0.6) is 5.75 Å². The number of ether oxygens (including phenoxy) is 1. The van der Waals surface area contributed by atoms with Gasteiger partial charge in [-0.3, -0.25) is 0 Å². The summed E-state index contributed by atoms with van der Waals surface area (Å²) in [5.74, 6) is 1.54. The number of aromatic nitrogens is 5. The van der Waals surface area contributed by atoms with Gasteiger partial charge in [0.1, 0.15) is 11.4 Å². The molecule has 6 aromatic rings. The molecule has 0 spiro atoms. The van der Waals surface area contributed by atoms with Gasteiger partial charge in [0.2, 0.25) is 0 Å². The molecule has 0 unspecified atom stereocenters. The predicted octanol–water partition coefficient (Wildman–Crippen LogP) is 5.92. The Hall–Kier alpha value is -4.45. The van der Waals surface area contributed by atoms with Gasteiger partial charge in [0.25, 0.3) is 0 Å². The largest absolute Gasteiger partial charge is 0.497 e. The predicted molar refractivity (Wildman–Crippen MR) is 130 cm³/mol. The second kappa shape index (κ2) is 7.60. The summed E-state index contributed by atoms with van der Waals surface area (Å²) in [5, 5.41) is 4.88. The summed E-state index contributed by atoms with van der Waals surface area (Å²) in [6.07, 6.45) is 0. The van der Waals surface area contributed by atoms with Crippen LogP contribution in [0, 0.1) is 6.92 Å². The molecule has 0 atom stereocenters. The Morgan fingerprint density at radius 2 is 1.61 bits per heavy atom. The first-order valence-electron chi connectivity index (χ1n) is 10.8. The highest BCUT2D eigenvalue weighted by Crippen LogP contribution is 2.30. The lowest BCUT2D eigenvalue weighted by Crippen LogP contribution is -1.99. The Morgan fingerprint density at radius 1 is 0.788 bits per heavy atom. The minimum absolute atomic E-state index is 0.732. The zero-order valence-corrected chi connectivity index (χ0v) is 18.3. The monoisotopic (exact) mass is 431 g/mol. The highest BCUT2D eigenvalue weighted by molar-refractivity contribution is 5.81. The van der Waals surface area contributed by atoms with E-state index in [4.69, 9.17) is 19.8 Å². The molecule has 0 aliphatic heterocycles. The highest BCUT2D eigenvalue weighted by atomic mass is 16.5. The molecule has 160 valence electrons. The minimum Gasteiger partial charge on any atom is -0.497 e. The number of benzene rings is 3. The van der Waals surface area contributed by atoms with Crippen LogP contribution in [-0.2, 0) is 0 Å². The van der Waals surface area contributed by atoms with Crippen LogP contribution in [0.4, 0.5) is 0 Å². The summed E-state index contributed by atoms with van der Waals surface area (Å²) in [7, 11) is 1.67. The molecule has 0 fully saturated rings. The molecular weight excluding hydrogens is 410 g/mol. The molecule has 0 saturated heterocycles. The molecular formula is C27H21N5O. The van der Waals surface area contributed by atoms with E-state index in [0.717, 1.165) is 56.5 Å². The zero-order valence-electron chi connectivity index (χ0n) is 18.3. The molecule has 1 N–H and O–H groups in total. The second-order valence-corrected chi connectivity index (χ2v) is 8.03. The number of H-pyrrole nitrogens is 1.